The third-order valence-corrected chi connectivity index (χ3v) is 4.16. The van der Waals surface area contributed by atoms with E-state index in [0.29, 0.717) is 0 Å². The van der Waals surface area contributed by atoms with Crippen LogP contribution in [-0.2, 0) is 11.2 Å². The fourth-order valence-electron chi connectivity index (χ4n) is 2.71. The highest BCUT2D eigenvalue weighted by Gasteiger charge is 2.12. The fourth-order valence-corrected chi connectivity index (χ4v) is 2.71. The quantitative estimate of drug-likeness (QED) is 0.533. The Kier molecular flexibility index (Phi) is 10.4. The molecular formula is C20H33NO. The largest absolute Gasteiger partial charge is 0.356 e. The van der Waals surface area contributed by atoms with Crippen molar-refractivity contribution in [3.05, 3.63) is 35.9 Å². The summed E-state index contributed by atoms with van der Waals surface area (Å²) in [5.41, 5.74) is 1.23. The van der Waals surface area contributed by atoms with Crippen molar-refractivity contribution in [3.63, 3.8) is 0 Å². The molecule has 22 heavy (non-hydrogen) atoms. The Morgan fingerprint density at radius 3 is 2.18 bits per heavy atom. The molecule has 1 atom stereocenters. The van der Waals surface area contributed by atoms with Crippen LogP contribution in [0, 0.1) is 5.92 Å². The maximum absolute atomic E-state index is 12.0. The average Bonchev–Trinajstić information content (AvgIpc) is 2.54. The van der Waals surface area contributed by atoms with E-state index in [1.54, 1.807) is 0 Å². The smallest absolute Gasteiger partial charge is 0.223 e. The number of carbonyl (C=O) groups excluding carboxylic acids is 1. The molecule has 0 heterocycles. The summed E-state index contributed by atoms with van der Waals surface area (Å²) in [6.45, 7) is 5.09. The molecule has 1 aromatic carbocycles. The van der Waals surface area contributed by atoms with Crippen molar-refractivity contribution in [2.24, 2.45) is 5.92 Å². The van der Waals surface area contributed by atoms with E-state index in [9.17, 15) is 4.79 Å². The number of amides is 1. The molecule has 0 aliphatic heterocycles. The zero-order valence-electron chi connectivity index (χ0n) is 14.4. The molecule has 0 aromatic heterocycles. The van der Waals surface area contributed by atoms with Gasteiger partial charge in [-0.2, -0.15) is 0 Å². The molecule has 0 radical (unpaired) electrons. The predicted octanol–water partition coefficient (Wildman–Crippen LogP) is 5.12. The number of carbonyl (C=O) groups is 1. The van der Waals surface area contributed by atoms with Crippen LogP contribution in [0.2, 0.25) is 0 Å². The predicted molar refractivity (Wildman–Crippen MR) is 94.9 cm³/mol. The van der Waals surface area contributed by atoms with Gasteiger partial charge in [-0.15, -0.1) is 0 Å². The molecule has 0 unspecified atom stereocenters. The monoisotopic (exact) mass is 303 g/mol. The molecule has 0 fully saturated rings. The molecule has 2 nitrogen and oxygen atoms in total. The van der Waals surface area contributed by atoms with Crippen LogP contribution < -0.4 is 5.32 Å². The van der Waals surface area contributed by atoms with E-state index < -0.39 is 0 Å². The van der Waals surface area contributed by atoms with Gasteiger partial charge in [0.05, 0.1) is 0 Å². The van der Waals surface area contributed by atoms with Gasteiger partial charge in [0.2, 0.25) is 5.91 Å². The second kappa shape index (κ2) is 12.3. The van der Waals surface area contributed by atoms with Crippen LogP contribution in [-0.4, -0.2) is 12.5 Å². The summed E-state index contributed by atoms with van der Waals surface area (Å²) < 4.78 is 0. The average molecular weight is 303 g/mol. The number of unbranched alkanes of at least 4 members (excludes halogenated alkanes) is 7. The van der Waals surface area contributed by atoms with Crippen molar-refractivity contribution in [2.45, 2.75) is 71.6 Å². The van der Waals surface area contributed by atoms with Gasteiger partial charge in [-0.25, -0.2) is 0 Å². The molecule has 2 heteroatoms. The molecular weight excluding hydrogens is 270 g/mol. The highest BCUT2D eigenvalue weighted by Crippen LogP contribution is 2.09. The molecule has 0 aliphatic carbocycles. The van der Waals surface area contributed by atoms with Crippen LogP contribution in [0.4, 0.5) is 0 Å². The van der Waals surface area contributed by atoms with Crippen molar-refractivity contribution >= 4 is 5.91 Å². The summed E-state index contributed by atoms with van der Waals surface area (Å²) in [5, 5.41) is 3.07. The van der Waals surface area contributed by atoms with Crippen molar-refractivity contribution in [3.8, 4) is 0 Å². The van der Waals surface area contributed by atoms with E-state index in [-0.39, 0.29) is 11.8 Å². The highest BCUT2D eigenvalue weighted by atomic mass is 16.1. The summed E-state index contributed by atoms with van der Waals surface area (Å²) in [6.07, 6.45) is 11.2. The van der Waals surface area contributed by atoms with E-state index >= 15 is 0 Å². The second-order valence-electron chi connectivity index (χ2n) is 6.36. The van der Waals surface area contributed by atoms with E-state index in [1.165, 1.54) is 50.5 Å². The van der Waals surface area contributed by atoms with Gasteiger partial charge in [-0.1, -0.05) is 89.1 Å². The minimum Gasteiger partial charge on any atom is -0.356 e. The normalized spacial score (nSPS) is 12.1. The van der Waals surface area contributed by atoms with Gasteiger partial charge in [0.15, 0.2) is 0 Å². The molecule has 0 saturated heterocycles. The summed E-state index contributed by atoms with van der Waals surface area (Å²) in [6, 6.07) is 10.2. The fraction of sp³-hybridized carbons (Fsp3) is 0.650. The van der Waals surface area contributed by atoms with Crippen LogP contribution in [0.25, 0.3) is 0 Å². The van der Waals surface area contributed by atoms with Crippen LogP contribution >= 0.6 is 0 Å². The van der Waals surface area contributed by atoms with Crippen LogP contribution in [0.3, 0.4) is 0 Å². The lowest BCUT2D eigenvalue weighted by atomic mass is 10.0. The SMILES string of the molecule is CCCCCCCCCCNC(=O)[C@@H](C)Cc1ccccc1. The van der Waals surface area contributed by atoms with Crippen LogP contribution in [0.15, 0.2) is 30.3 Å². The van der Waals surface area contributed by atoms with Crippen molar-refractivity contribution < 1.29 is 4.79 Å². The number of hydrogen-bond donors (Lipinski definition) is 1. The Hall–Kier alpha value is -1.31. The number of hydrogen-bond acceptors (Lipinski definition) is 1. The molecule has 0 saturated carbocycles. The topological polar surface area (TPSA) is 29.1 Å². The Bertz CT molecular complexity index is 388. The first-order valence-corrected chi connectivity index (χ1v) is 9.05. The lowest BCUT2D eigenvalue weighted by Gasteiger charge is -2.12. The Morgan fingerprint density at radius 2 is 1.55 bits per heavy atom. The van der Waals surface area contributed by atoms with E-state index in [0.717, 1.165) is 19.4 Å². The molecule has 0 bridgehead atoms. The maximum atomic E-state index is 12.0. The molecule has 1 N–H and O–H groups in total. The molecule has 124 valence electrons. The molecule has 1 rings (SSSR count). The lowest BCUT2D eigenvalue weighted by Crippen LogP contribution is -2.31. The first-order chi connectivity index (χ1) is 10.7. The highest BCUT2D eigenvalue weighted by molar-refractivity contribution is 5.78. The third kappa shape index (κ3) is 8.86. The van der Waals surface area contributed by atoms with Gasteiger partial charge < -0.3 is 5.32 Å². The Morgan fingerprint density at radius 1 is 0.955 bits per heavy atom. The molecule has 0 aliphatic rings. The van der Waals surface area contributed by atoms with E-state index in [2.05, 4.69) is 24.4 Å². The van der Waals surface area contributed by atoms with Crippen LogP contribution in [0.5, 0.6) is 0 Å². The van der Waals surface area contributed by atoms with Crippen molar-refractivity contribution in [1.82, 2.24) is 5.32 Å². The number of rotatable bonds is 12. The first kappa shape index (κ1) is 18.7. The number of nitrogens with one attached hydrogen (secondary N) is 1. The molecule has 0 spiro atoms. The summed E-state index contributed by atoms with van der Waals surface area (Å²) in [7, 11) is 0. The maximum Gasteiger partial charge on any atom is 0.223 e. The van der Waals surface area contributed by atoms with Gasteiger partial charge in [0.1, 0.15) is 0 Å². The first-order valence-electron chi connectivity index (χ1n) is 9.05. The van der Waals surface area contributed by atoms with Gasteiger partial charge in [-0.3, -0.25) is 4.79 Å². The zero-order chi connectivity index (χ0) is 16.0. The number of benzene rings is 1. The van der Waals surface area contributed by atoms with Gasteiger partial charge in [0, 0.05) is 12.5 Å². The molecule has 1 amide bonds. The Balaban J connectivity index is 2.01. The second-order valence-corrected chi connectivity index (χ2v) is 6.36. The van der Waals surface area contributed by atoms with Gasteiger partial charge in [-0.05, 0) is 18.4 Å². The van der Waals surface area contributed by atoms with Gasteiger partial charge >= 0.3 is 0 Å². The zero-order valence-corrected chi connectivity index (χ0v) is 14.4. The van der Waals surface area contributed by atoms with Crippen molar-refractivity contribution in [1.29, 1.82) is 0 Å². The summed E-state index contributed by atoms with van der Waals surface area (Å²) in [4.78, 5) is 12.0. The Labute approximate surface area is 136 Å². The minimum absolute atomic E-state index is 0.0523. The summed E-state index contributed by atoms with van der Waals surface area (Å²) in [5.74, 6) is 0.239. The minimum atomic E-state index is 0.0523. The molecule has 1 aromatic rings. The van der Waals surface area contributed by atoms with Crippen molar-refractivity contribution in [2.75, 3.05) is 6.54 Å². The standard InChI is InChI=1S/C20H33NO/c1-3-4-5-6-7-8-9-13-16-21-20(22)18(2)17-19-14-11-10-12-15-19/h10-12,14-15,18H,3-9,13,16-17H2,1-2H3,(H,21,22)/t18-/m0/s1. The van der Waals surface area contributed by atoms with E-state index in [1.807, 2.05) is 25.1 Å². The third-order valence-electron chi connectivity index (χ3n) is 4.16. The van der Waals surface area contributed by atoms with E-state index in [4.69, 9.17) is 0 Å². The van der Waals surface area contributed by atoms with Crippen LogP contribution in [0.1, 0.15) is 70.8 Å². The van der Waals surface area contributed by atoms with Gasteiger partial charge in [0.25, 0.3) is 0 Å². The lowest BCUT2D eigenvalue weighted by molar-refractivity contribution is -0.124. The summed E-state index contributed by atoms with van der Waals surface area (Å²) >= 11 is 0.